The van der Waals surface area contributed by atoms with Crippen LogP contribution in [-0.4, -0.2) is 36.9 Å². The molecular formula is C27H23FN6O3S. The highest BCUT2D eigenvalue weighted by atomic mass is 32.1. The number of nitrogens with one attached hydrogen (secondary N) is 2. The van der Waals surface area contributed by atoms with E-state index in [1.807, 2.05) is 46.0 Å². The first kappa shape index (κ1) is 25.0. The SMILES string of the molecule is O=C(CCN1C(=S)N[C@H](c2ccccn2)[C@H]1c1cccn1-c1ccc([N+](=O)[O-])cc1)Nc1ccc(F)cc1. The molecule has 5 rings (SSSR count). The van der Waals surface area contributed by atoms with Gasteiger partial charge in [0.25, 0.3) is 5.69 Å². The number of halogens is 1. The Labute approximate surface area is 223 Å². The third-order valence-electron chi connectivity index (χ3n) is 6.33. The van der Waals surface area contributed by atoms with Gasteiger partial charge in [-0.15, -0.1) is 0 Å². The number of hydrogen-bond donors (Lipinski definition) is 2. The fraction of sp³-hybridized carbons (Fsp3) is 0.148. The molecule has 0 radical (unpaired) electrons. The number of anilines is 1. The Morgan fingerprint density at radius 1 is 1.08 bits per heavy atom. The standard InChI is InChI=1S/C27H23FN6O3S/c28-18-6-8-19(9-7-18)30-24(35)14-17-33-26(25(31-27(33)38)22-4-1-2-15-29-22)23-5-3-16-32(23)20-10-12-21(13-11-20)34(36)37/h1-13,15-16,25-26H,14,17H2,(H,30,35)(H,31,38)/t25-,26-/m1/s1. The van der Waals surface area contributed by atoms with Crippen molar-refractivity contribution in [3.05, 3.63) is 119 Å². The fourth-order valence-electron chi connectivity index (χ4n) is 4.55. The molecule has 2 aromatic carbocycles. The maximum atomic E-state index is 13.2. The fourth-order valence-corrected chi connectivity index (χ4v) is 4.88. The van der Waals surface area contributed by atoms with Crippen LogP contribution < -0.4 is 10.6 Å². The number of nitrogens with zero attached hydrogens (tertiary/aromatic N) is 4. The number of aromatic nitrogens is 2. The number of amides is 1. The smallest absolute Gasteiger partial charge is 0.269 e. The Hall–Kier alpha value is -4.64. The molecule has 9 nitrogen and oxygen atoms in total. The third-order valence-corrected chi connectivity index (χ3v) is 6.68. The minimum Gasteiger partial charge on any atom is -0.352 e. The van der Waals surface area contributed by atoms with Crippen LogP contribution in [0, 0.1) is 15.9 Å². The molecule has 2 N–H and O–H groups in total. The summed E-state index contributed by atoms with van der Waals surface area (Å²) >= 11 is 5.70. The van der Waals surface area contributed by atoms with E-state index in [4.69, 9.17) is 12.2 Å². The Kier molecular flexibility index (Phi) is 7.09. The first-order valence-corrected chi connectivity index (χ1v) is 12.3. The van der Waals surface area contributed by atoms with Gasteiger partial charge in [-0.1, -0.05) is 6.07 Å². The van der Waals surface area contributed by atoms with E-state index in [0.717, 1.165) is 17.1 Å². The van der Waals surface area contributed by atoms with Crippen LogP contribution in [0.25, 0.3) is 5.69 Å². The molecule has 192 valence electrons. The highest BCUT2D eigenvalue weighted by molar-refractivity contribution is 7.80. The van der Waals surface area contributed by atoms with Crippen molar-refractivity contribution in [2.24, 2.45) is 0 Å². The van der Waals surface area contributed by atoms with E-state index < -0.39 is 4.92 Å². The van der Waals surface area contributed by atoms with E-state index in [2.05, 4.69) is 15.6 Å². The lowest BCUT2D eigenvalue weighted by Crippen LogP contribution is -2.33. The third kappa shape index (κ3) is 5.23. The second-order valence-electron chi connectivity index (χ2n) is 8.70. The molecule has 0 bridgehead atoms. The summed E-state index contributed by atoms with van der Waals surface area (Å²) in [5.74, 6) is -0.610. The van der Waals surface area contributed by atoms with Crippen molar-refractivity contribution in [2.75, 3.05) is 11.9 Å². The first-order valence-electron chi connectivity index (χ1n) is 11.9. The topological polar surface area (TPSA) is 105 Å². The molecule has 0 saturated carbocycles. The minimum atomic E-state index is -0.435. The number of nitro groups is 1. The zero-order valence-corrected chi connectivity index (χ0v) is 20.8. The van der Waals surface area contributed by atoms with E-state index >= 15 is 0 Å². The van der Waals surface area contributed by atoms with Crippen molar-refractivity contribution in [1.29, 1.82) is 0 Å². The summed E-state index contributed by atoms with van der Waals surface area (Å²) in [6.07, 6.45) is 3.74. The molecule has 1 aliphatic rings. The number of hydrogen-bond acceptors (Lipinski definition) is 5. The van der Waals surface area contributed by atoms with Gasteiger partial charge in [0.15, 0.2) is 5.11 Å². The number of non-ortho nitro benzene ring substituents is 1. The number of thiocarbonyl (C=S) groups is 1. The Bertz CT molecular complexity index is 1460. The summed E-state index contributed by atoms with van der Waals surface area (Å²) < 4.78 is 15.2. The molecule has 3 heterocycles. The van der Waals surface area contributed by atoms with E-state index in [1.54, 1.807) is 18.3 Å². The number of nitro benzene ring substituents is 1. The number of rotatable bonds is 8. The van der Waals surface area contributed by atoms with E-state index in [9.17, 15) is 19.3 Å². The first-order chi connectivity index (χ1) is 18.4. The van der Waals surface area contributed by atoms with Gasteiger partial charge in [-0.2, -0.15) is 0 Å². The van der Waals surface area contributed by atoms with Crippen molar-refractivity contribution in [3.8, 4) is 5.69 Å². The summed E-state index contributed by atoms with van der Waals surface area (Å²) in [5, 5.41) is 17.8. The predicted molar refractivity (Wildman–Crippen MR) is 144 cm³/mol. The van der Waals surface area contributed by atoms with Crippen LogP contribution in [0.15, 0.2) is 91.3 Å². The van der Waals surface area contributed by atoms with Gasteiger partial charge in [0.05, 0.1) is 22.7 Å². The average Bonchev–Trinajstić information content (AvgIpc) is 3.53. The maximum absolute atomic E-state index is 13.2. The number of carbonyl (C=O) groups excluding carboxylic acids is 1. The van der Waals surface area contributed by atoms with Crippen molar-refractivity contribution >= 4 is 34.6 Å². The molecule has 2 aromatic heterocycles. The molecule has 1 saturated heterocycles. The second-order valence-corrected chi connectivity index (χ2v) is 9.09. The Morgan fingerprint density at radius 3 is 2.53 bits per heavy atom. The summed E-state index contributed by atoms with van der Waals surface area (Å²) in [4.78, 5) is 29.9. The van der Waals surface area contributed by atoms with Crippen molar-refractivity contribution in [1.82, 2.24) is 19.8 Å². The van der Waals surface area contributed by atoms with Crippen molar-refractivity contribution in [2.45, 2.75) is 18.5 Å². The molecule has 38 heavy (non-hydrogen) atoms. The van der Waals surface area contributed by atoms with Crippen LogP contribution in [0.2, 0.25) is 0 Å². The van der Waals surface area contributed by atoms with E-state index in [1.165, 1.54) is 36.4 Å². The van der Waals surface area contributed by atoms with Crippen LogP contribution in [0.5, 0.6) is 0 Å². The average molecular weight is 531 g/mol. The second kappa shape index (κ2) is 10.8. The van der Waals surface area contributed by atoms with Gasteiger partial charge < -0.3 is 20.1 Å². The largest absolute Gasteiger partial charge is 0.352 e. The molecule has 0 aliphatic carbocycles. The molecule has 4 aromatic rings. The van der Waals surface area contributed by atoms with Gasteiger partial charge >= 0.3 is 0 Å². The predicted octanol–water partition coefficient (Wildman–Crippen LogP) is 4.92. The highest BCUT2D eigenvalue weighted by Gasteiger charge is 2.41. The lowest BCUT2D eigenvalue weighted by atomic mass is 10.0. The van der Waals surface area contributed by atoms with E-state index in [0.29, 0.717) is 17.3 Å². The van der Waals surface area contributed by atoms with Crippen molar-refractivity contribution < 1.29 is 14.1 Å². The van der Waals surface area contributed by atoms with Gasteiger partial charge in [-0.25, -0.2) is 4.39 Å². The number of benzene rings is 2. The zero-order valence-electron chi connectivity index (χ0n) is 20.0. The van der Waals surface area contributed by atoms with Crippen molar-refractivity contribution in [3.63, 3.8) is 0 Å². The van der Waals surface area contributed by atoms with Crippen LogP contribution >= 0.6 is 12.2 Å². The van der Waals surface area contributed by atoms with Gasteiger partial charge in [-0.3, -0.25) is 19.9 Å². The normalized spacial score (nSPS) is 16.8. The lowest BCUT2D eigenvalue weighted by molar-refractivity contribution is -0.384. The quantitative estimate of drug-likeness (QED) is 0.189. The van der Waals surface area contributed by atoms with Crippen LogP contribution in [0.3, 0.4) is 0 Å². The monoisotopic (exact) mass is 530 g/mol. The summed E-state index contributed by atoms with van der Waals surface area (Å²) in [7, 11) is 0. The highest BCUT2D eigenvalue weighted by Crippen LogP contribution is 2.39. The summed E-state index contributed by atoms with van der Waals surface area (Å²) in [6.45, 7) is 0.318. The Balaban J connectivity index is 1.43. The van der Waals surface area contributed by atoms with Gasteiger partial charge in [0, 0.05) is 54.6 Å². The number of pyridine rings is 1. The maximum Gasteiger partial charge on any atom is 0.269 e. The molecular weight excluding hydrogens is 507 g/mol. The molecule has 1 amide bonds. The van der Waals surface area contributed by atoms with Crippen LogP contribution in [-0.2, 0) is 4.79 Å². The lowest BCUT2D eigenvalue weighted by Gasteiger charge is -2.28. The zero-order chi connectivity index (χ0) is 26.6. The molecule has 1 aliphatic heterocycles. The van der Waals surface area contributed by atoms with Gasteiger partial charge in [-0.05, 0) is 72.9 Å². The summed E-state index contributed by atoms with van der Waals surface area (Å²) in [5.41, 5.74) is 2.93. The van der Waals surface area contributed by atoms with Crippen LogP contribution in [0.1, 0.15) is 29.9 Å². The molecule has 1 fully saturated rings. The van der Waals surface area contributed by atoms with E-state index in [-0.39, 0.29) is 35.9 Å². The molecule has 2 atom stereocenters. The molecule has 0 unspecified atom stereocenters. The van der Waals surface area contributed by atoms with Crippen LogP contribution in [0.4, 0.5) is 15.8 Å². The minimum absolute atomic E-state index is 0.00585. The molecule has 11 heteroatoms. The van der Waals surface area contributed by atoms with Gasteiger partial charge in [0.1, 0.15) is 5.82 Å². The summed E-state index contributed by atoms with van der Waals surface area (Å²) in [6, 6.07) is 20.8. The van der Waals surface area contributed by atoms with Gasteiger partial charge in [0.2, 0.25) is 5.91 Å². The number of carbonyl (C=O) groups is 1. The molecule has 0 spiro atoms. The Morgan fingerprint density at radius 2 is 1.84 bits per heavy atom.